The Hall–Kier alpha value is -3.03. The molecule has 0 unspecified atom stereocenters. The molecule has 178 valence electrons. The fourth-order valence-corrected chi connectivity index (χ4v) is 4.72. The summed E-state index contributed by atoms with van der Waals surface area (Å²) in [5, 5.41) is 3.55. The molecule has 2 atom stereocenters. The first-order valence-electron chi connectivity index (χ1n) is 11.2. The number of hydrogen-bond acceptors (Lipinski definition) is 5. The number of rotatable bonds is 7. The van der Waals surface area contributed by atoms with Gasteiger partial charge in [0.25, 0.3) is 0 Å². The van der Waals surface area contributed by atoms with Crippen LogP contribution in [0.3, 0.4) is 0 Å². The molecule has 0 spiro atoms. The molecule has 2 aromatic carbocycles. The van der Waals surface area contributed by atoms with E-state index in [0.717, 1.165) is 27.8 Å². The van der Waals surface area contributed by atoms with Gasteiger partial charge in [0, 0.05) is 42.1 Å². The van der Waals surface area contributed by atoms with Crippen molar-refractivity contribution >= 4 is 41.4 Å². The number of nitrogens with one attached hydrogen (secondary N) is 1. The van der Waals surface area contributed by atoms with Gasteiger partial charge in [-0.1, -0.05) is 29.8 Å². The average molecular weight is 484 g/mol. The summed E-state index contributed by atoms with van der Waals surface area (Å²) in [6.07, 6.45) is 0.734. The zero-order chi connectivity index (χ0) is 24.4. The van der Waals surface area contributed by atoms with Gasteiger partial charge in [0.05, 0.1) is 12.2 Å². The van der Waals surface area contributed by atoms with Crippen molar-refractivity contribution in [2.45, 2.75) is 45.5 Å². The minimum absolute atomic E-state index is 0.167. The lowest BCUT2D eigenvalue weighted by Crippen LogP contribution is -2.28. The van der Waals surface area contributed by atoms with Gasteiger partial charge in [-0.05, 0) is 55.5 Å². The molecule has 2 fully saturated rings. The van der Waals surface area contributed by atoms with Gasteiger partial charge in [0.15, 0.2) is 6.17 Å². The summed E-state index contributed by atoms with van der Waals surface area (Å²) >= 11 is 6.40. The maximum absolute atomic E-state index is 14.3. The monoisotopic (exact) mass is 483 g/mol. The van der Waals surface area contributed by atoms with Crippen molar-refractivity contribution in [3.8, 4) is 5.75 Å². The van der Waals surface area contributed by atoms with Crippen LogP contribution in [0.25, 0.3) is 5.57 Å². The Kier molecular flexibility index (Phi) is 7.14. The molecule has 0 saturated carbocycles. The van der Waals surface area contributed by atoms with E-state index in [1.54, 1.807) is 12.1 Å². The third kappa shape index (κ3) is 4.76. The highest BCUT2D eigenvalue weighted by Crippen LogP contribution is 2.40. The fraction of sp³-hybridized carbons (Fsp3) is 0.346. The lowest BCUT2D eigenvalue weighted by molar-refractivity contribution is -0.139. The summed E-state index contributed by atoms with van der Waals surface area (Å²) in [4.78, 5) is 29.5. The Labute approximate surface area is 203 Å². The van der Waals surface area contributed by atoms with Crippen LogP contribution in [0.5, 0.6) is 5.75 Å². The van der Waals surface area contributed by atoms with Crippen LogP contribution in [0.15, 0.2) is 41.4 Å². The maximum Gasteiger partial charge on any atom is 0.229 e. The van der Waals surface area contributed by atoms with Crippen LogP contribution in [0.1, 0.15) is 42.0 Å². The van der Waals surface area contributed by atoms with E-state index in [9.17, 15) is 14.0 Å². The SMILES string of the molecule is C=Nc1cc(CN2C(=O)CCC2=O)ccc1/C(=C\C)c1cc(Cl)cc(C)c1O[C@@H]1CNC[C@@H]1F. The van der Waals surface area contributed by atoms with Crippen molar-refractivity contribution in [3.63, 3.8) is 0 Å². The number of hydrogen-bond donors (Lipinski definition) is 1. The molecule has 6 nitrogen and oxygen atoms in total. The van der Waals surface area contributed by atoms with Crippen LogP contribution in [-0.2, 0) is 16.1 Å². The molecule has 1 N–H and O–H groups in total. The second-order valence-corrected chi connectivity index (χ2v) is 8.95. The number of aryl methyl sites for hydroxylation is 1. The van der Waals surface area contributed by atoms with Gasteiger partial charge in [-0.15, -0.1) is 0 Å². The van der Waals surface area contributed by atoms with Gasteiger partial charge in [-0.25, -0.2) is 4.39 Å². The number of likely N-dealkylation sites (tertiary alicyclic amines) is 1. The molecule has 2 amide bonds. The highest BCUT2D eigenvalue weighted by Gasteiger charge is 2.31. The Morgan fingerprint density at radius 1 is 1.24 bits per heavy atom. The van der Waals surface area contributed by atoms with Crippen molar-refractivity contribution in [1.82, 2.24) is 10.2 Å². The largest absolute Gasteiger partial charge is 0.485 e. The molecule has 0 radical (unpaired) electrons. The second-order valence-electron chi connectivity index (χ2n) is 8.52. The van der Waals surface area contributed by atoms with Crippen molar-refractivity contribution in [1.29, 1.82) is 0 Å². The summed E-state index contributed by atoms with van der Waals surface area (Å²) in [5.41, 5.74) is 4.50. The molecule has 2 aromatic rings. The summed E-state index contributed by atoms with van der Waals surface area (Å²) in [7, 11) is 0. The van der Waals surface area contributed by atoms with Crippen LogP contribution >= 0.6 is 11.6 Å². The molecule has 34 heavy (non-hydrogen) atoms. The number of amides is 2. The lowest BCUT2D eigenvalue weighted by atomic mass is 9.93. The molecular weight excluding hydrogens is 457 g/mol. The number of carbonyl (C=O) groups excluding carboxylic acids is 2. The molecule has 4 rings (SSSR count). The topological polar surface area (TPSA) is 71.0 Å². The molecule has 2 heterocycles. The molecule has 0 aliphatic carbocycles. The summed E-state index contributed by atoms with van der Waals surface area (Å²) in [6, 6.07) is 9.17. The standard InChI is InChI=1S/C26H27ClFN3O3/c1-4-18(20-11-17(27)9-15(2)26(20)34-23-13-30-12-21(23)28)19-6-5-16(10-22(19)29-3)14-31-24(32)7-8-25(31)33/h4-6,9-11,21,23,30H,3,7-8,12-14H2,1-2H3/b18-4+/t21-,23+/m0/s1. The maximum atomic E-state index is 14.3. The van der Waals surface area contributed by atoms with E-state index in [4.69, 9.17) is 16.3 Å². The van der Waals surface area contributed by atoms with Crippen molar-refractivity contribution in [3.05, 3.63) is 63.7 Å². The Morgan fingerprint density at radius 3 is 2.59 bits per heavy atom. The molecule has 2 aliphatic heterocycles. The van der Waals surface area contributed by atoms with E-state index in [0.29, 0.717) is 23.0 Å². The number of allylic oxidation sites excluding steroid dienone is 1. The van der Waals surface area contributed by atoms with Crippen LogP contribution in [0.2, 0.25) is 5.02 Å². The van der Waals surface area contributed by atoms with Crippen LogP contribution in [0, 0.1) is 6.92 Å². The molecule has 8 heteroatoms. The van der Waals surface area contributed by atoms with E-state index in [1.807, 2.05) is 38.1 Å². The van der Waals surface area contributed by atoms with Gasteiger partial charge in [0.2, 0.25) is 11.8 Å². The highest BCUT2D eigenvalue weighted by molar-refractivity contribution is 6.31. The van der Waals surface area contributed by atoms with Crippen LogP contribution in [0.4, 0.5) is 10.1 Å². The fourth-order valence-electron chi connectivity index (χ4n) is 4.45. The molecule has 2 saturated heterocycles. The molecule has 2 aliphatic rings. The smallest absolute Gasteiger partial charge is 0.229 e. The van der Waals surface area contributed by atoms with E-state index < -0.39 is 12.3 Å². The third-order valence-electron chi connectivity index (χ3n) is 6.19. The number of alkyl halides is 1. The number of carbonyl (C=O) groups is 2. The summed E-state index contributed by atoms with van der Waals surface area (Å²) in [6.45, 7) is 8.38. The first kappa shape index (κ1) is 24.1. The second kappa shape index (κ2) is 10.1. The number of aliphatic imine (C=N–C) groups is 1. The van der Waals surface area contributed by atoms with Crippen molar-refractivity contribution in [2.24, 2.45) is 4.99 Å². The first-order chi connectivity index (χ1) is 16.3. The predicted molar refractivity (Wildman–Crippen MR) is 132 cm³/mol. The van der Waals surface area contributed by atoms with Crippen LogP contribution in [-0.4, -0.2) is 48.8 Å². The Balaban J connectivity index is 1.71. The van der Waals surface area contributed by atoms with E-state index >= 15 is 0 Å². The normalized spacial score (nSPS) is 20.8. The zero-order valence-corrected chi connectivity index (χ0v) is 20.0. The number of nitrogens with zero attached hydrogens (tertiary/aromatic N) is 2. The Morgan fingerprint density at radius 2 is 1.97 bits per heavy atom. The highest BCUT2D eigenvalue weighted by atomic mass is 35.5. The van der Waals surface area contributed by atoms with Gasteiger partial charge < -0.3 is 10.1 Å². The lowest BCUT2D eigenvalue weighted by Gasteiger charge is -2.22. The zero-order valence-electron chi connectivity index (χ0n) is 19.2. The van der Waals surface area contributed by atoms with Crippen molar-refractivity contribution in [2.75, 3.05) is 13.1 Å². The number of halogens is 2. The van der Waals surface area contributed by atoms with Crippen LogP contribution < -0.4 is 10.1 Å². The van der Waals surface area contributed by atoms with E-state index in [1.165, 1.54) is 4.90 Å². The minimum Gasteiger partial charge on any atom is -0.485 e. The molecular formula is C26H27ClFN3O3. The number of benzene rings is 2. The first-order valence-corrected chi connectivity index (χ1v) is 11.6. The van der Waals surface area contributed by atoms with Gasteiger partial charge >= 0.3 is 0 Å². The Bertz CT molecular complexity index is 1160. The minimum atomic E-state index is -1.10. The number of ether oxygens (including phenoxy) is 1. The average Bonchev–Trinajstić information content (AvgIpc) is 3.36. The van der Waals surface area contributed by atoms with Gasteiger partial charge in [0.1, 0.15) is 11.9 Å². The molecule has 0 aromatic heterocycles. The molecule has 0 bridgehead atoms. The number of imide groups is 1. The van der Waals surface area contributed by atoms with Gasteiger partial charge in [-0.2, -0.15) is 0 Å². The van der Waals surface area contributed by atoms with E-state index in [2.05, 4.69) is 17.0 Å². The van der Waals surface area contributed by atoms with E-state index in [-0.39, 0.29) is 37.7 Å². The van der Waals surface area contributed by atoms with Crippen molar-refractivity contribution < 1.29 is 18.7 Å². The predicted octanol–water partition coefficient (Wildman–Crippen LogP) is 4.77. The third-order valence-corrected chi connectivity index (χ3v) is 6.41. The summed E-state index contributed by atoms with van der Waals surface area (Å²) in [5.74, 6) is 0.237. The summed E-state index contributed by atoms with van der Waals surface area (Å²) < 4.78 is 20.5. The van der Waals surface area contributed by atoms with Gasteiger partial charge in [-0.3, -0.25) is 19.5 Å². The quantitative estimate of drug-likeness (QED) is 0.455.